The van der Waals surface area contributed by atoms with Gasteiger partial charge in [-0.25, -0.2) is 8.42 Å². The highest BCUT2D eigenvalue weighted by Gasteiger charge is 2.23. The first-order valence-corrected chi connectivity index (χ1v) is 12.0. The van der Waals surface area contributed by atoms with E-state index in [4.69, 9.17) is 37.4 Å². The molecule has 0 unspecified atom stereocenters. The molecule has 0 bridgehead atoms. The average molecular weight is 505 g/mol. The second-order valence-corrected chi connectivity index (χ2v) is 9.86. The Labute approximate surface area is 198 Å². The number of methoxy groups -OCH3 is 3. The van der Waals surface area contributed by atoms with Crippen molar-refractivity contribution in [3.8, 4) is 17.2 Å². The highest BCUT2D eigenvalue weighted by atomic mass is 35.5. The summed E-state index contributed by atoms with van der Waals surface area (Å²) in [5.74, 6) is 0.974. The van der Waals surface area contributed by atoms with E-state index < -0.39 is 10.0 Å². The largest absolute Gasteiger partial charge is 0.493 e. The van der Waals surface area contributed by atoms with Crippen LogP contribution in [0.1, 0.15) is 11.1 Å². The minimum atomic E-state index is -3.66. The lowest BCUT2D eigenvalue weighted by Gasteiger charge is -2.24. The van der Waals surface area contributed by atoms with Crippen molar-refractivity contribution < 1.29 is 27.4 Å². The van der Waals surface area contributed by atoms with Crippen molar-refractivity contribution in [1.29, 1.82) is 0 Å². The molecule has 176 valence electrons. The van der Waals surface area contributed by atoms with Gasteiger partial charge < -0.3 is 19.1 Å². The maximum atomic E-state index is 12.8. The van der Waals surface area contributed by atoms with Crippen LogP contribution in [0.3, 0.4) is 0 Å². The molecule has 0 N–H and O–H groups in total. The fourth-order valence-electron chi connectivity index (χ4n) is 2.99. The van der Waals surface area contributed by atoms with E-state index >= 15 is 0 Å². The lowest BCUT2D eigenvalue weighted by molar-refractivity contribution is -0.130. The van der Waals surface area contributed by atoms with Crippen LogP contribution < -0.4 is 14.2 Å². The van der Waals surface area contributed by atoms with Gasteiger partial charge in [-0.3, -0.25) is 4.79 Å². The van der Waals surface area contributed by atoms with Crippen molar-refractivity contribution in [2.24, 2.45) is 0 Å². The Morgan fingerprint density at radius 3 is 1.97 bits per heavy atom. The molecule has 8 nitrogen and oxygen atoms in total. The predicted molar refractivity (Wildman–Crippen MR) is 124 cm³/mol. The SMILES string of the molecule is COc1cc(CN(C)C(=O)CN(Cc2ccc(Cl)c(Cl)c2)S(C)(=O)=O)cc(OC)c1OC. The van der Waals surface area contributed by atoms with E-state index in [1.807, 2.05) is 0 Å². The topological polar surface area (TPSA) is 85.4 Å². The van der Waals surface area contributed by atoms with Crippen LogP contribution in [0.2, 0.25) is 10.0 Å². The number of amides is 1. The van der Waals surface area contributed by atoms with Crippen LogP contribution in [-0.4, -0.2) is 64.7 Å². The molecule has 2 rings (SSSR count). The third-order valence-corrected chi connectivity index (χ3v) is 6.63. The Bertz CT molecular complexity index is 1050. The van der Waals surface area contributed by atoms with Gasteiger partial charge in [-0.1, -0.05) is 29.3 Å². The fraction of sp³-hybridized carbons (Fsp3) is 0.381. The number of carbonyl (C=O) groups excluding carboxylic acids is 1. The first-order chi connectivity index (χ1) is 15.0. The first-order valence-electron chi connectivity index (χ1n) is 9.42. The molecule has 0 saturated carbocycles. The van der Waals surface area contributed by atoms with Crippen LogP contribution in [0, 0.1) is 0 Å². The second kappa shape index (κ2) is 11.1. The molecule has 0 aromatic heterocycles. The van der Waals surface area contributed by atoms with Crippen LogP contribution in [0.25, 0.3) is 0 Å². The van der Waals surface area contributed by atoms with E-state index in [1.165, 1.54) is 26.2 Å². The van der Waals surface area contributed by atoms with Gasteiger partial charge in [-0.05, 0) is 35.4 Å². The van der Waals surface area contributed by atoms with Crippen LogP contribution in [0.4, 0.5) is 0 Å². The van der Waals surface area contributed by atoms with Gasteiger partial charge in [0.2, 0.25) is 21.7 Å². The summed E-state index contributed by atoms with van der Waals surface area (Å²) in [6.45, 7) is -0.139. The number of hydrogen-bond donors (Lipinski definition) is 0. The highest BCUT2D eigenvalue weighted by Crippen LogP contribution is 2.38. The fourth-order valence-corrected chi connectivity index (χ4v) is 4.04. The van der Waals surface area contributed by atoms with Gasteiger partial charge >= 0.3 is 0 Å². The van der Waals surface area contributed by atoms with E-state index in [9.17, 15) is 13.2 Å². The van der Waals surface area contributed by atoms with Gasteiger partial charge in [0, 0.05) is 20.1 Å². The molecule has 2 aromatic rings. The average Bonchev–Trinajstić information content (AvgIpc) is 2.74. The summed E-state index contributed by atoms with van der Waals surface area (Å²) in [7, 11) is 2.43. The zero-order valence-corrected chi connectivity index (χ0v) is 20.8. The van der Waals surface area contributed by atoms with E-state index in [-0.39, 0.29) is 25.5 Å². The van der Waals surface area contributed by atoms with Crippen molar-refractivity contribution in [3.05, 3.63) is 51.5 Å². The zero-order valence-electron chi connectivity index (χ0n) is 18.5. The maximum absolute atomic E-state index is 12.8. The summed E-state index contributed by atoms with van der Waals surface area (Å²) < 4.78 is 41.6. The second-order valence-electron chi connectivity index (χ2n) is 7.06. The summed E-state index contributed by atoms with van der Waals surface area (Å²) >= 11 is 11.9. The minimum Gasteiger partial charge on any atom is -0.493 e. The van der Waals surface area contributed by atoms with Gasteiger partial charge in [0.25, 0.3) is 0 Å². The number of sulfonamides is 1. The van der Waals surface area contributed by atoms with Crippen LogP contribution in [0.15, 0.2) is 30.3 Å². The first kappa shape index (κ1) is 26.1. The smallest absolute Gasteiger partial charge is 0.237 e. The Morgan fingerprint density at radius 2 is 1.50 bits per heavy atom. The van der Waals surface area contributed by atoms with Gasteiger partial charge in [0.1, 0.15) is 0 Å². The molecular weight excluding hydrogens is 479 g/mol. The van der Waals surface area contributed by atoms with Crippen LogP contribution in [-0.2, 0) is 27.9 Å². The number of nitrogens with zero attached hydrogens (tertiary/aromatic N) is 2. The number of benzene rings is 2. The quantitative estimate of drug-likeness (QED) is 0.492. The Kier molecular flexibility index (Phi) is 9.03. The lowest BCUT2D eigenvalue weighted by Crippen LogP contribution is -2.40. The molecule has 0 radical (unpaired) electrons. The molecule has 2 aromatic carbocycles. The monoisotopic (exact) mass is 504 g/mol. The van der Waals surface area contributed by atoms with Crippen molar-refractivity contribution in [2.45, 2.75) is 13.1 Å². The molecular formula is C21H26Cl2N2O6S. The zero-order chi connectivity index (χ0) is 24.1. The van der Waals surface area contributed by atoms with Gasteiger partial charge in [0.15, 0.2) is 11.5 Å². The molecule has 0 aliphatic heterocycles. The third kappa shape index (κ3) is 6.65. The van der Waals surface area contributed by atoms with E-state index in [0.717, 1.165) is 16.1 Å². The number of likely N-dealkylation sites (N-methyl/N-ethyl adjacent to an activating group) is 1. The predicted octanol–water partition coefficient (Wildman–Crippen LogP) is 3.44. The maximum Gasteiger partial charge on any atom is 0.237 e. The molecule has 0 saturated heterocycles. The van der Waals surface area contributed by atoms with Crippen LogP contribution in [0.5, 0.6) is 17.2 Å². The van der Waals surface area contributed by atoms with E-state index in [2.05, 4.69) is 0 Å². The highest BCUT2D eigenvalue weighted by molar-refractivity contribution is 7.88. The molecule has 0 atom stereocenters. The van der Waals surface area contributed by atoms with Crippen molar-refractivity contribution in [1.82, 2.24) is 9.21 Å². The number of carbonyl (C=O) groups is 1. The third-order valence-electron chi connectivity index (χ3n) is 4.69. The molecule has 0 aliphatic carbocycles. The number of halogens is 2. The van der Waals surface area contributed by atoms with Gasteiger partial charge in [0.05, 0.1) is 44.2 Å². The molecule has 0 spiro atoms. The van der Waals surface area contributed by atoms with Crippen molar-refractivity contribution in [3.63, 3.8) is 0 Å². The molecule has 32 heavy (non-hydrogen) atoms. The summed E-state index contributed by atoms with van der Waals surface area (Å²) in [5, 5.41) is 0.672. The summed E-state index contributed by atoms with van der Waals surface area (Å²) in [5.41, 5.74) is 1.34. The number of ether oxygens (including phenoxy) is 3. The normalized spacial score (nSPS) is 11.4. The Balaban J connectivity index is 2.18. The number of hydrogen-bond acceptors (Lipinski definition) is 6. The number of rotatable bonds is 10. The summed E-state index contributed by atoms with van der Waals surface area (Å²) in [4.78, 5) is 14.3. The summed E-state index contributed by atoms with van der Waals surface area (Å²) in [6.07, 6.45) is 1.05. The summed E-state index contributed by atoms with van der Waals surface area (Å²) in [6, 6.07) is 8.28. The minimum absolute atomic E-state index is 0.0144. The van der Waals surface area contributed by atoms with Crippen molar-refractivity contribution >= 4 is 39.1 Å². The molecule has 11 heteroatoms. The molecule has 1 amide bonds. The van der Waals surface area contributed by atoms with Gasteiger partial charge in [-0.15, -0.1) is 0 Å². The lowest BCUT2D eigenvalue weighted by atomic mass is 10.1. The van der Waals surface area contributed by atoms with Gasteiger partial charge in [-0.2, -0.15) is 4.31 Å². The molecule has 0 heterocycles. The van der Waals surface area contributed by atoms with Crippen LogP contribution >= 0.6 is 23.2 Å². The van der Waals surface area contributed by atoms with E-state index in [0.29, 0.717) is 32.9 Å². The molecule has 0 aliphatic rings. The molecule has 0 fully saturated rings. The Morgan fingerprint density at radius 1 is 0.906 bits per heavy atom. The standard InChI is InChI=1S/C21H26Cl2N2O6S/c1-24(11-15-9-18(29-2)21(31-4)19(10-15)30-3)20(26)13-25(32(5,27)28)12-14-6-7-16(22)17(23)8-14/h6-10H,11-13H2,1-5H3. The van der Waals surface area contributed by atoms with Crippen molar-refractivity contribution in [2.75, 3.05) is 41.2 Å². The Hall–Kier alpha value is -2.20. The van der Waals surface area contributed by atoms with E-state index in [1.54, 1.807) is 37.4 Å².